The first kappa shape index (κ1) is 14.0. The molecule has 8 heteroatoms. The minimum absolute atomic E-state index is 0.209. The molecule has 0 radical (unpaired) electrons. The molecule has 0 spiro atoms. The summed E-state index contributed by atoms with van der Waals surface area (Å²) in [7, 11) is 0. The normalized spacial score (nSPS) is 10.9. The quantitative estimate of drug-likeness (QED) is 0.916. The lowest BCUT2D eigenvalue weighted by molar-refractivity contribution is 0.102. The molecule has 2 rings (SSSR count). The van der Waals surface area contributed by atoms with E-state index in [1.807, 2.05) is 6.92 Å². The van der Waals surface area contributed by atoms with Gasteiger partial charge < -0.3 is 0 Å². The minimum Gasteiger partial charge on any atom is -0.296 e. The van der Waals surface area contributed by atoms with Crippen molar-refractivity contribution in [2.45, 2.75) is 33.6 Å². The Bertz CT molecular complexity index is 563. The highest BCUT2D eigenvalue weighted by Gasteiger charge is 2.17. The standard InChI is InChI=1S/C11H15N5OS2/c1-4-7-9(19-16-13-7)10(17)12-11-15-14-8(18-11)5-6(2)3/h6H,4-5H2,1-3H3,(H,12,15,17). The molecule has 0 saturated heterocycles. The Morgan fingerprint density at radius 2 is 2.11 bits per heavy atom. The van der Waals surface area contributed by atoms with Crippen LogP contribution in [0.5, 0.6) is 0 Å². The lowest BCUT2D eigenvalue weighted by Crippen LogP contribution is -2.12. The van der Waals surface area contributed by atoms with Gasteiger partial charge in [-0.15, -0.1) is 15.3 Å². The molecule has 2 heterocycles. The maximum Gasteiger partial charge on any atom is 0.271 e. The zero-order valence-electron chi connectivity index (χ0n) is 11.0. The lowest BCUT2D eigenvalue weighted by atomic mass is 10.1. The zero-order chi connectivity index (χ0) is 13.8. The van der Waals surface area contributed by atoms with Crippen LogP contribution in [0, 0.1) is 5.92 Å². The van der Waals surface area contributed by atoms with E-state index < -0.39 is 0 Å². The Morgan fingerprint density at radius 1 is 1.32 bits per heavy atom. The monoisotopic (exact) mass is 297 g/mol. The third-order valence-electron chi connectivity index (χ3n) is 2.37. The van der Waals surface area contributed by atoms with Crippen LogP contribution in [0.4, 0.5) is 5.13 Å². The first-order valence-corrected chi connectivity index (χ1v) is 7.64. The number of carbonyl (C=O) groups excluding carboxylic acids is 1. The summed E-state index contributed by atoms with van der Waals surface area (Å²) in [4.78, 5) is 12.6. The first-order valence-electron chi connectivity index (χ1n) is 6.05. The molecule has 0 fully saturated rings. The number of aryl methyl sites for hydroxylation is 1. The topological polar surface area (TPSA) is 80.7 Å². The van der Waals surface area contributed by atoms with Crippen LogP contribution < -0.4 is 5.32 Å². The van der Waals surface area contributed by atoms with Crippen molar-refractivity contribution >= 4 is 33.9 Å². The second-order valence-corrected chi connectivity index (χ2v) is 6.27. The molecule has 0 saturated carbocycles. The van der Waals surface area contributed by atoms with Crippen molar-refractivity contribution in [3.63, 3.8) is 0 Å². The van der Waals surface area contributed by atoms with Gasteiger partial charge in [0, 0.05) is 6.42 Å². The van der Waals surface area contributed by atoms with E-state index in [9.17, 15) is 4.79 Å². The SMILES string of the molecule is CCc1nnsc1C(=O)Nc1nnc(CC(C)C)s1. The predicted octanol–water partition coefficient (Wildman–Crippen LogP) is 2.40. The summed E-state index contributed by atoms with van der Waals surface area (Å²) in [5.41, 5.74) is 0.717. The van der Waals surface area contributed by atoms with Gasteiger partial charge in [-0.3, -0.25) is 10.1 Å². The average molecular weight is 297 g/mol. The number of carbonyl (C=O) groups is 1. The summed E-state index contributed by atoms with van der Waals surface area (Å²) in [5.74, 6) is 0.313. The Kier molecular flexibility index (Phi) is 4.54. The van der Waals surface area contributed by atoms with E-state index >= 15 is 0 Å². The second kappa shape index (κ2) is 6.16. The summed E-state index contributed by atoms with van der Waals surface area (Å²) in [6.45, 7) is 6.19. The number of anilines is 1. The number of nitrogens with zero attached hydrogens (tertiary/aromatic N) is 4. The van der Waals surface area contributed by atoms with E-state index in [2.05, 4.69) is 38.9 Å². The van der Waals surface area contributed by atoms with E-state index in [-0.39, 0.29) is 5.91 Å². The van der Waals surface area contributed by atoms with Gasteiger partial charge in [0.15, 0.2) is 0 Å². The highest BCUT2D eigenvalue weighted by molar-refractivity contribution is 7.15. The Hall–Kier alpha value is -1.41. The molecule has 0 bridgehead atoms. The molecule has 0 aromatic carbocycles. The van der Waals surface area contributed by atoms with Crippen LogP contribution in [-0.2, 0) is 12.8 Å². The molecule has 2 aromatic rings. The summed E-state index contributed by atoms with van der Waals surface area (Å²) >= 11 is 2.51. The second-order valence-electron chi connectivity index (χ2n) is 4.46. The number of hydrogen-bond donors (Lipinski definition) is 1. The van der Waals surface area contributed by atoms with Crippen LogP contribution in [0.1, 0.15) is 41.1 Å². The zero-order valence-corrected chi connectivity index (χ0v) is 12.6. The minimum atomic E-state index is -0.209. The van der Waals surface area contributed by atoms with Crippen LogP contribution in [0.2, 0.25) is 0 Å². The van der Waals surface area contributed by atoms with Crippen LogP contribution in [0.15, 0.2) is 0 Å². The Labute approximate surface area is 119 Å². The Morgan fingerprint density at radius 3 is 2.79 bits per heavy atom. The van der Waals surface area contributed by atoms with E-state index in [1.165, 1.54) is 11.3 Å². The van der Waals surface area contributed by atoms with Crippen molar-refractivity contribution in [1.82, 2.24) is 19.8 Å². The molecule has 0 aliphatic carbocycles. The average Bonchev–Trinajstić information content (AvgIpc) is 2.96. The van der Waals surface area contributed by atoms with Crippen molar-refractivity contribution in [1.29, 1.82) is 0 Å². The molecule has 102 valence electrons. The third kappa shape index (κ3) is 3.54. The van der Waals surface area contributed by atoms with Gasteiger partial charge in [0.1, 0.15) is 9.88 Å². The molecular formula is C11H15N5OS2. The molecule has 1 N–H and O–H groups in total. The number of aromatic nitrogens is 4. The maximum absolute atomic E-state index is 12.0. The van der Waals surface area contributed by atoms with Gasteiger partial charge in [-0.1, -0.05) is 36.6 Å². The smallest absolute Gasteiger partial charge is 0.271 e. The highest BCUT2D eigenvalue weighted by Crippen LogP contribution is 2.20. The van der Waals surface area contributed by atoms with Crippen molar-refractivity contribution in [3.8, 4) is 0 Å². The lowest BCUT2D eigenvalue weighted by Gasteiger charge is -1.99. The fourth-order valence-corrected chi connectivity index (χ4v) is 3.09. The molecule has 0 unspecified atom stereocenters. The molecule has 6 nitrogen and oxygen atoms in total. The van der Waals surface area contributed by atoms with Crippen LogP contribution in [0.3, 0.4) is 0 Å². The summed E-state index contributed by atoms with van der Waals surface area (Å²) in [6.07, 6.45) is 1.56. The molecular weight excluding hydrogens is 282 g/mol. The Balaban J connectivity index is 2.05. The fraction of sp³-hybridized carbons (Fsp3) is 0.545. The van der Waals surface area contributed by atoms with Gasteiger partial charge in [0.2, 0.25) is 5.13 Å². The van der Waals surface area contributed by atoms with E-state index in [0.29, 0.717) is 22.3 Å². The fourth-order valence-electron chi connectivity index (χ4n) is 1.50. The number of nitrogens with one attached hydrogen (secondary N) is 1. The van der Waals surface area contributed by atoms with Crippen LogP contribution >= 0.6 is 22.9 Å². The summed E-state index contributed by atoms with van der Waals surface area (Å²) in [5, 5.41) is 16.2. The highest BCUT2D eigenvalue weighted by atomic mass is 32.1. The van der Waals surface area contributed by atoms with Gasteiger partial charge in [-0.25, -0.2) is 0 Å². The number of rotatable bonds is 5. The largest absolute Gasteiger partial charge is 0.296 e. The van der Waals surface area contributed by atoms with Crippen LogP contribution in [0.25, 0.3) is 0 Å². The molecule has 19 heavy (non-hydrogen) atoms. The van der Waals surface area contributed by atoms with E-state index in [4.69, 9.17) is 0 Å². The van der Waals surface area contributed by atoms with E-state index in [1.54, 1.807) is 0 Å². The summed E-state index contributed by atoms with van der Waals surface area (Å²) < 4.78 is 3.80. The van der Waals surface area contributed by atoms with Crippen molar-refractivity contribution in [3.05, 3.63) is 15.6 Å². The maximum atomic E-state index is 12.0. The van der Waals surface area contributed by atoms with Crippen LogP contribution in [-0.4, -0.2) is 25.7 Å². The van der Waals surface area contributed by atoms with Gasteiger partial charge in [0.25, 0.3) is 5.91 Å². The van der Waals surface area contributed by atoms with Gasteiger partial charge >= 0.3 is 0 Å². The number of amides is 1. The third-order valence-corrected chi connectivity index (χ3v) is 3.99. The van der Waals surface area contributed by atoms with Crippen molar-refractivity contribution < 1.29 is 4.79 Å². The first-order chi connectivity index (χ1) is 9.10. The van der Waals surface area contributed by atoms with Crippen molar-refractivity contribution in [2.75, 3.05) is 5.32 Å². The molecule has 0 atom stereocenters. The molecule has 0 aliphatic rings. The van der Waals surface area contributed by atoms with Gasteiger partial charge in [-0.05, 0) is 23.9 Å². The van der Waals surface area contributed by atoms with Gasteiger partial charge in [0.05, 0.1) is 5.69 Å². The number of hydrogen-bond acceptors (Lipinski definition) is 7. The summed E-state index contributed by atoms with van der Waals surface area (Å²) in [6, 6.07) is 0. The molecule has 1 amide bonds. The molecule has 0 aliphatic heterocycles. The van der Waals surface area contributed by atoms with Crippen molar-refractivity contribution in [2.24, 2.45) is 5.92 Å². The van der Waals surface area contributed by atoms with E-state index in [0.717, 1.165) is 28.7 Å². The predicted molar refractivity (Wildman–Crippen MR) is 75.7 cm³/mol. The molecule has 2 aromatic heterocycles. The van der Waals surface area contributed by atoms with Gasteiger partial charge in [-0.2, -0.15) is 0 Å².